The van der Waals surface area contributed by atoms with Crippen LogP contribution in [0.4, 0.5) is 0 Å². The van der Waals surface area contributed by atoms with E-state index in [9.17, 15) is 5.26 Å². The lowest BCUT2D eigenvalue weighted by Crippen LogP contribution is -1.99. The van der Waals surface area contributed by atoms with Crippen LogP contribution in [0, 0.1) is 18.3 Å². The summed E-state index contributed by atoms with van der Waals surface area (Å²) in [4.78, 5) is 0. The topological polar surface area (TPSA) is 42.2 Å². The van der Waals surface area contributed by atoms with Crippen LogP contribution in [-0.2, 0) is 0 Å². The van der Waals surface area contributed by atoms with Crippen molar-refractivity contribution in [2.24, 2.45) is 0 Å². The molecule has 0 atom stereocenters. The van der Waals surface area contributed by atoms with Gasteiger partial charge in [0, 0.05) is 0 Å². The van der Waals surface area contributed by atoms with Crippen molar-refractivity contribution >= 4 is 11.6 Å². The lowest BCUT2D eigenvalue weighted by molar-refractivity contribution is 0.297. The Morgan fingerprint density at radius 3 is 2.50 bits per heavy atom. The molecule has 0 aliphatic heterocycles. The van der Waals surface area contributed by atoms with Crippen LogP contribution < -0.4 is 9.47 Å². The number of ether oxygens (including phenoxy) is 2. The summed E-state index contributed by atoms with van der Waals surface area (Å²) >= 11 is 0. The van der Waals surface area contributed by atoms with E-state index >= 15 is 0 Å². The minimum Gasteiger partial charge on any atom is -0.490 e. The van der Waals surface area contributed by atoms with Gasteiger partial charge < -0.3 is 9.47 Å². The van der Waals surface area contributed by atoms with E-state index in [1.165, 1.54) is 5.56 Å². The van der Waals surface area contributed by atoms with E-state index in [0.29, 0.717) is 30.3 Å². The molecule has 0 aliphatic carbocycles. The third kappa shape index (κ3) is 4.50. The van der Waals surface area contributed by atoms with Crippen LogP contribution in [0.1, 0.15) is 23.6 Å². The summed E-state index contributed by atoms with van der Waals surface area (Å²) in [5, 5.41) is 9.47. The molecule has 24 heavy (non-hydrogen) atoms. The Kier molecular flexibility index (Phi) is 6.22. The monoisotopic (exact) mass is 319 g/mol. The van der Waals surface area contributed by atoms with Gasteiger partial charge in [-0.3, -0.25) is 0 Å². The van der Waals surface area contributed by atoms with Gasteiger partial charge in [0.05, 0.1) is 18.2 Å². The Morgan fingerprint density at radius 1 is 1.12 bits per heavy atom. The highest BCUT2D eigenvalue weighted by Crippen LogP contribution is 2.30. The number of hydrogen-bond donors (Lipinski definition) is 0. The molecule has 2 aromatic rings. The SMILES string of the molecule is C=CCOc1ccc(/C=C(\C#N)c2ccc(C)cc2)cc1OCC. The maximum atomic E-state index is 9.47. The van der Waals surface area contributed by atoms with Crippen LogP contribution >= 0.6 is 0 Å². The number of nitrogens with zero attached hydrogens (tertiary/aromatic N) is 1. The van der Waals surface area contributed by atoms with Crippen molar-refractivity contribution in [2.45, 2.75) is 13.8 Å². The zero-order chi connectivity index (χ0) is 17.4. The molecule has 0 heterocycles. The van der Waals surface area contributed by atoms with Gasteiger partial charge in [0.25, 0.3) is 0 Å². The molecule has 3 heteroatoms. The molecule has 122 valence electrons. The van der Waals surface area contributed by atoms with E-state index in [-0.39, 0.29) is 0 Å². The Labute approximate surface area is 143 Å². The second-order valence-electron chi connectivity index (χ2n) is 5.27. The molecule has 0 saturated carbocycles. The highest BCUT2D eigenvalue weighted by molar-refractivity contribution is 5.89. The highest BCUT2D eigenvalue weighted by atomic mass is 16.5. The van der Waals surface area contributed by atoms with E-state index in [4.69, 9.17) is 9.47 Å². The predicted molar refractivity (Wildman–Crippen MR) is 98.0 cm³/mol. The standard InChI is InChI=1S/C21H21NO2/c1-4-12-24-20-11-8-17(14-21(20)23-5-2)13-19(15-22)18-9-6-16(3)7-10-18/h4,6-11,13-14H,1,5,12H2,2-3H3/b19-13+. The summed E-state index contributed by atoms with van der Waals surface area (Å²) < 4.78 is 11.2. The molecule has 0 aliphatic rings. The summed E-state index contributed by atoms with van der Waals surface area (Å²) in [5.74, 6) is 1.33. The van der Waals surface area contributed by atoms with Crippen LogP contribution in [0.5, 0.6) is 11.5 Å². The molecular formula is C21H21NO2. The molecular weight excluding hydrogens is 298 g/mol. The second kappa shape index (κ2) is 8.59. The van der Waals surface area contributed by atoms with Crippen LogP contribution in [0.15, 0.2) is 55.1 Å². The van der Waals surface area contributed by atoms with Crippen molar-refractivity contribution in [1.82, 2.24) is 0 Å². The van der Waals surface area contributed by atoms with E-state index in [0.717, 1.165) is 11.1 Å². The van der Waals surface area contributed by atoms with Crippen molar-refractivity contribution in [3.05, 3.63) is 71.8 Å². The van der Waals surface area contributed by atoms with Crippen LogP contribution in [0.3, 0.4) is 0 Å². The zero-order valence-corrected chi connectivity index (χ0v) is 14.1. The molecule has 3 nitrogen and oxygen atoms in total. The summed E-state index contributed by atoms with van der Waals surface area (Å²) in [6, 6.07) is 15.8. The molecule has 2 aromatic carbocycles. The summed E-state index contributed by atoms with van der Waals surface area (Å²) in [6.45, 7) is 8.56. The lowest BCUT2D eigenvalue weighted by Gasteiger charge is -2.11. The molecule has 0 aromatic heterocycles. The minimum atomic E-state index is 0.419. The zero-order valence-electron chi connectivity index (χ0n) is 14.1. The molecule has 0 saturated heterocycles. The first-order valence-corrected chi connectivity index (χ1v) is 7.87. The largest absolute Gasteiger partial charge is 0.490 e. The second-order valence-corrected chi connectivity index (χ2v) is 5.27. The van der Waals surface area contributed by atoms with Crippen molar-refractivity contribution in [3.63, 3.8) is 0 Å². The summed E-state index contributed by atoms with van der Waals surface area (Å²) in [7, 11) is 0. The van der Waals surface area contributed by atoms with Gasteiger partial charge in [0.2, 0.25) is 0 Å². The van der Waals surface area contributed by atoms with Crippen molar-refractivity contribution in [1.29, 1.82) is 5.26 Å². The highest BCUT2D eigenvalue weighted by Gasteiger charge is 2.07. The first-order valence-electron chi connectivity index (χ1n) is 7.87. The third-order valence-corrected chi connectivity index (χ3v) is 3.42. The Hall–Kier alpha value is -2.99. The number of aryl methyl sites for hydroxylation is 1. The fraction of sp³-hybridized carbons (Fsp3) is 0.190. The van der Waals surface area contributed by atoms with Crippen LogP contribution in [0.2, 0.25) is 0 Å². The van der Waals surface area contributed by atoms with Crippen LogP contribution in [-0.4, -0.2) is 13.2 Å². The quantitative estimate of drug-likeness (QED) is 0.409. The van der Waals surface area contributed by atoms with E-state index in [1.54, 1.807) is 6.08 Å². The predicted octanol–water partition coefficient (Wildman–Crippen LogP) is 5.02. The van der Waals surface area contributed by atoms with Crippen molar-refractivity contribution in [2.75, 3.05) is 13.2 Å². The maximum absolute atomic E-state index is 9.47. The van der Waals surface area contributed by atoms with E-state index in [1.807, 2.05) is 62.4 Å². The normalized spacial score (nSPS) is 10.8. The van der Waals surface area contributed by atoms with E-state index in [2.05, 4.69) is 12.6 Å². The number of benzene rings is 2. The number of nitriles is 1. The maximum Gasteiger partial charge on any atom is 0.161 e. The number of rotatable bonds is 7. The first kappa shape index (κ1) is 17.4. The molecule has 2 rings (SSSR count). The van der Waals surface area contributed by atoms with Gasteiger partial charge in [-0.25, -0.2) is 0 Å². The molecule has 0 amide bonds. The van der Waals surface area contributed by atoms with Crippen LogP contribution in [0.25, 0.3) is 11.6 Å². The van der Waals surface area contributed by atoms with Gasteiger partial charge in [-0.05, 0) is 43.2 Å². The van der Waals surface area contributed by atoms with Gasteiger partial charge >= 0.3 is 0 Å². The van der Waals surface area contributed by atoms with Gasteiger partial charge in [-0.15, -0.1) is 0 Å². The first-order chi connectivity index (χ1) is 11.7. The van der Waals surface area contributed by atoms with Gasteiger partial charge in [-0.2, -0.15) is 5.26 Å². The molecule has 0 fully saturated rings. The third-order valence-electron chi connectivity index (χ3n) is 3.42. The Balaban J connectivity index is 2.35. The average molecular weight is 319 g/mol. The smallest absolute Gasteiger partial charge is 0.161 e. The molecule has 0 bridgehead atoms. The van der Waals surface area contributed by atoms with Gasteiger partial charge in [-0.1, -0.05) is 48.6 Å². The van der Waals surface area contributed by atoms with E-state index < -0.39 is 0 Å². The Morgan fingerprint density at radius 2 is 1.88 bits per heavy atom. The fourth-order valence-electron chi connectivity index (χ4n) is 2.23. The van der Waals surface area contributed by atoms with Crippen molar-refractivity contribution < 1.29 is 9.47 Å². The molecule has 0 spiro atoms. The van der Waals surface area contributed by atoms with Crippen molar-refractivity contribution in [3.8, 4) is 17.6 Å². The minimum absolute atomic E-state index is 0.419. The number of hydrogen-bond acceptors (Lipinski definition) is 3. The Bertz CT molecular complexity index is 767. The molecule has 0 unspecified atom stereocenters. The van der Waals surface area contributed by atoms with Gasteiger partial charge in [0.15, 0.2) is 11.5 Å². The summed E-state index contributed by atoms with van der Waals surface area (Å²) in [6.07, 6.45) is 3.54. The molecule has 0 radical (unpaired) electrons. The molecule has 0 N–H and O–H groups in total. The van der Waals surface area contributed by atoms with Gasteiger partial charge in [0.1, 0.15) is 6.61 Å². The average Bonchev–Trinajstić information content (AvgIpc) is 2.60. The summed E-state index contributed by atoms with van der Waals surface area (Å²) in [5.41, 5.74) is 3.56. The fourth-order valence-corrected chi connectivity index (χ4v) is 2.23. The lowest BCUT2D eigenvalue weighted by atomic mass is 10.0. The number of allylic oxidation sites excluding steroid dienone is 1.